The minimum atomic E-state index is 0.641. The maximum absolute atomic E-state index is 5.64. The molecule has 0 spiro atoms. The summed E-state index contributed by atoms with van der Waals surface area (Å²) in [6.45, 7) is 4.18. The first kappa shape index (κ1) is 11.9. The van der Waals surface area contributed by atoms with E-state index in [9.17, 15) is 0 Å². The Balaban J connectivity index is 2.28. The van der Waals surface area contributed by atoms with Crippen LogP contribution in [0.25, 0.3) is 0 Å². The fourth-order valence-corrected chi connectivity index (χ4v) is 1.97. The van der Waals surface area contributed by atoms with Gasteiger partial charge in [0.1, 0.15) is 5.82 Å². The van der Waals surface area contributed by atoms with Gasteiger partial charge in [-0.05, 0) is 59.1 Å². The van der Waals surface area contributed by atoms with Crippen LogP contribution in [0.4, 0.5) is 17.2 Å². The van der Waals surface area contributed by atoms with Crippen LogP contribution < -0.4 is 11.1 Å². The van der Waals surface area contributed by atoms with Gasteiger partial charge in [0.05, 0.1) is 16.4 Å². The molecule has 3 nitrogen and oxygen atoms in total. The van der Waals surface area contributed by atoms with E-state index in [2.05, 4.69) is 52.2 Å². The van der Waals surface area contributed by atoms with Crippen molar-refractivity contribution in [2.24, 2.45) is 0 Å². The second-order valence-corrected chi connectivity index (χ2v) is 4.88. The molecule has 0 saturated carbocycles. The van der Waals surface area contributed by atoms with E-state index in [1.54, 1.807) is 6.20 Å². The Morgan fingerprint density at radius 2 is 1.94 bits per heavy atom. The maximum atomic E-state index is 5.64. The summed E-state index contributed by atoms with van der Waals surface area (Å²) >= 11 is 3.43. The molecule has 0 amide bonds. The third kappa shape index (κ3) is 2.77. The molecule has 2 aromatic rings. The number of anilines is 3. The molecule has 1 aromatic carbocycles. The average Bonchev–Trinajstić information content (AvgIpc) is 2.27. The van der Waals surface area contributed by atoms with Gasteiger partial charge in [-0.2, -0.15) is 0 Å². The largest absolute Gasteiger partial charge is 0.397 e. The first-order valence-electron chi connectivity index (χ1n) is 5.31. The highest BCUT2D eigenvalue weighted by Crippen LogP contribution is 2.26. The van der Waals surface area contributed by atoms with Crippen LogP contribution in [0.1, 0.15) is 11.1 Å². The first-order chi connectivity index (χ1) is 8.06. The lowest BCUT2D eigenvalue weighted by Crippen LogP contribution is -1.97. The molecule has 0 aliphatic rings. The molecule has 0 fully saturated rings. The predicted molar refractivity (Wildman–Crippen MR) is 75.5 cm³/mol. The summed E-state index contributed by atoms with van der Waals surface area (Å²) in [5, 5.41) is 3.25. The number of nitrogens with zero attached hydrogens (tertiary/aromatic N) is 1. The third-order valence-corrected chi connectivity index (χ3v) is 3.24. The van der Waals surface area contributed by atoms with Crippen LogP contribution in [0.5, 0.6) is 0 Å². The summed E-state index contributed by atoms with van der Waals surface area (Å²) in [5.74, 6) is 0.766. The number of nitrogens with two attached hydrogens (primary N) is 1. The first-order valence-corrected chi connectivity index (χ1v) is 6.11. The van der Waals surface area contributed by atoms with Crippen molar-refractivity contribution >= 4 is 33.1 Å². The Morgan fingerprint density at radius 3 is 2.59 bits per heavy atom. The van der Waals surface area contributed by atoms with E-state index in [0.29, 0.717) is 5.69 Å². The van der Waals surface area contributed by atoms with Crippen LogP contribution in [0.2, 0.25) is 0 Å². The zero-order valence-electron chi connectivity index (χ0n) is 9.79. The number of aromatic nitrogens is 1. The highest BCUT2D eigenvalue weighted by molar-refractivity contribution is 9.10. The van der Waals surface area contributed by atoms with Gasteiger partial charge in [0.15, 0.2) is 0 Å². The molecule has 0 aliphatic heterocycles. The fourth-order valence-electron chi connectivity index (χ4n) is 1.50. The van der Waals surface area contributed by atoms with Gasteiger partial charge in [0, 0.05) is 5.69 Å². The number of benzene rings is 1. The zero-order chi connectivity index (χ0) is 12.4. The number of hydrogen-bond donors (Lipinski definition) is 2. The van der Waals surface area contributed by atoms with Crippen molar-refractivity contribution in [1.29, 1.82) is 0 Å². The van der Waals surface area contributed by atoms with Crippen molar-refractivity contribution in [2.75, 3.05) is 11.1 Å². The summed E-state index contributed by atoms with van der Waals surface area (Å²) in [5.41, 5.74) is 9.83. The molecule has 3 N–H and O–H groups in total. The topological polar surface area (TPSA) is 50.9 Å². The molecule has 0 atom stereocenters. The average molecular weight is 292 g/mol. The van der Waals surface area contributed by atoms with Crippen LogP contribution in [-0.2, 0) is 0 Å². The smallest absolute Gasteiger partial charge is 0.144 e. The van der Waals surface area contributed by atoms with E-state index in [1.807, 2.05) is 12.1 Å². The quantitative estimate of drug-likeness (QED) is 0.885. The molecule has 1 aromatic heterocycles. The Morgan fingerprint density at radius 1 is 1.18 bits per heavy atom. The van der Waals surface area contributed by atoms with Crippen molar-refractivity contribution < 1.29 is 0 Å². The molecule has 0 aliphatic carbocycles. The van der Waals surface area contributed by atoms with Crippen LogP contribution in [0.3, 0.4) is 0 Å². The molecule has 0 saturated heterocycles. The van der Waals surface area contributed by atoms with Gasteiger partial charge in [0.25, 0.3) is 0 Å². The lowest BCUT2D eigenvalue weighted by Gasteiger charge is -2.09. The Hall–Kier alpha value is -1.55. The van der Waals surface area contributed by atoms with Crippen LogP contribution >= 0.6 is 15.9 Å². The fraction of sp³-hybridized carbons (Fsp3) is 0.154. The zero-order valence-corrected chi connectivity index (χ0v) is 11.4. The van der Waals surface area contributed by atoms with Crippen LogP contribution in [0.15, 0.2) is 34.9 Å². The molecule has 88 valence electrons. The monoisotopic (exact) mass is 291 g/mol. The minimum absolute atomic E-state index is 0.641. The molecule has 0 radical (unpaired) electrons. The third-order valence-electron chi connectivity index (χ3n) is 2.63. The number of nitrogen functional groups attached to an aromatic ring is 1. The molecule has 1 heterocycles. The Bertz CT molecular complexity index is 552. The molecular weight excluding hydrogens is 278 g/mol. The number of pyridine rings is 1. The number of hydrogen-bond acceptors (Lipinski definition) is 3. The Labute approximate surface area is 109 Å². The SMILES string of the molecule is Cc1ccc(Nc2ncc(N)cc2Br)cc1C. The normalized spacial score (nSPS) is 10.3. The highest BCUT2D eigenvalue weighted by atomic mass is 79.9. The van der Waals surface area contributed by atoms with Crippen LogP contribution in [0, 0.1) is 13.8 Å². The molecule has 0 unspecified atom stereocenters. The summed E-state index contributed by atoms with van der Waals surface area (Å²) < 4.78 is 0.857. The van der Waals surface area contributed by atoms with Crippen molar-refractivity contribution in [3.63, 3.8) is 0 Å². The minimum Gasteiger partial charge on any atom is -0.397 e. The molecule has 0 bridgehead atoms. The molecular formula is C13H14BrN3. The van der Waals surface area contributed by atoms with E-state index in [-0.39, 0.29) is 0 Å². The Kier molecular flexibility index (Phi) is 3.33. The van der Waals surface area contributed by atoms with Crippen LogP contribution in [-0.4, -0.2) is 4.98 Å². The predicted octanol–water partition coefficient (Wildman–Crippen LogP) is 3.79. The van der Waals surface area contributed by atoms with Gasteiger partial charge in [-0.1, -0.05) is 6.07 Å². The van der Waals surface area contributed by atoms with Crippen molar-refractivity contribution in [3.05, 3.63) is 46.1 Å². The lowest BCUT2D eigenvalue weighted by atomic mass is 10.1. The maximum Gasteiger partial charge on any atom is 0.144 e. The van der Waals surface area contributed by atoms with Crippen molar-refractivity contribution in [2.45, 2.75) is 13.8 Å². The lowest BCUT2D eigenvalue weighted by molar-refractivity contribution is 1.28. The molecule has 2 rings (SSSR count). The van der Waals surface area contributed by atoms with E-state index in [1.165, 1.54) is 11.1 Å². The van der Waals surface area contributed by atoms with E-state index in [4.69, 9.17) is 5.73 Å². The number of halogens is 1. The summed E-state index contributed by atoms with van der Waals surface area (Å²) in [6.07, 6.45) is 1.63. The second-order valence-electron chi connectivity index (χ2n) is 4.02. The van der Waals surface area contributed by atoms with E-state index in [0.717, 1.165) is 16.0 Å². The molecule has 17 heavy (non-hydrogen) atoms. The van der Waals surface area contributed by atoms with Gasteiger partial charge in [0.2, 0.25) is 0 Å². The van der Waals surface area contributed by atoms with E-state index < -0.39 is 0 Å². The number of nitrogens with one attached hydrogen (secondary N) is 1. The summed E-state index contributed by atoms with van der Waals surface area (Å²) in [4.78, 5) is 4.24. The van der Waals surface area contributed by atoms with E-state index >= 15 is 0 Å². The summed E-state index contributed by atoms with van der Waals surface area (Å²) in [6, 6.07) is 8.05. The van der Waals surface area contributed by atoms with Gasteiger partial charge in [-0.3, -0.25) is 0 Å². The van der Waals surface area contributed by atoms with Gasteiger partial charge in [-0.25, -0.2) is 4.98 Å². The summed E-state index contributed by atoms with van der Waals surface area (Å²) in [7, 11) is 0. The van der Waals surface area contributed by atoms with Gasteiger partial charge >= 0.3 is 0 Å². The highest BCUT2D eigenvalue weighted by Gasteiger charge is 2.03. The van der Waals surface area contributed by atoms with Gasteiger partial charge in [-0.15, -0.1) is 0 Å². The second kappa shape index (κ2) is 4.75. The van der Waals surface area contributed by atoms with Crippen molar-refractivity contribution in [1.82, 2.24) is 4.98 Å². The van der Waals surface area contributed by atoms with Crippen molar-refractivity contribution in [3.8, 4) is 0 Å². The van der Waals surface area contributed by atoms with Gasteiger partial charge < -0.3 is 11.1 Å². The number of aryl methyl sites for hydroxylation is 2. The molecule has 4 heteroatoms. The number of rotatable bonds is 2. The standard InChI is InChI=1S/C13H14BrN3/c1-8-3-4-11(5-9(8)2)17-13-12(14)6-10(15)7-16-13/h3-7H,15H2,1-2H3,(H,16,17).